The Hall–Kier alpha value is -1.19. The fourth-order valence-electron chi connectivity index (χ4n) is 1.32. The molecule has 1 heterocycles. The number of Topliss-reactive ketones (excluding diaryl/α,β-unsaturated/α-hetero) is 1. The van der Waals surface area contributed by atoms with E-state index in [1.165, 1.54) is 12.8 Å². The largest absolute Gasteiger partial charge is 0.339 e. The van der Waals surface area contributed by atoms with Crippen LogP contribution in [0.4, 0.5) is 0 Å². The lowest BCUT2D eigenvalue weighted by Crippen LogP contribution is -2.00. The third kappa shape index (κ3) is 2.40. The summed E-state index contributed by atoms with van der Waals surface area (Å²) >= 11 is 0. The number of rotatable bonds is 5. The first-order chi connectivity index (χ1) is 6.78. The van der Waals surface area contributed by atoms with E-state index in [2.05, 4.69) is 10.1 Å². The van der Waals surface area contributed by atoms with Crippen LogP contribution >= 0.6 is 0 Å². The highest BCUT2D eigenvalue weighted by atomic mass is 16.5. The van der Waals surface area contributed by atoms with E-state index < -0.39 is 0 Å². The van der Waals surface area contributed by atoms with Crippen molar-refractivity contribution in [1.29, 1.82) is 0 Å². The zero-order valence-electron chi connectivity index (χ0n) is 8.32. The standard InChI is InChI=1S/C10H14N2O2/c1-2-8(13)6-10-11-9(12-14-10)5-7-3-4-7/h7H,2-6H2,1H3. The van der Waals surface area contributed by atoms with Gasteiger partial charge in [-0.25, -0.2) is 0 Å². The minimum absolute atomic E-state index is 0.145. The van der Waals surface area contributed by atoms with Crippen molar-refractivity contribution in [2.45, 2.75) is 39.0 Å². The Balaban J connectivity index is 1.91. The van der Waals surface area contributed by atoms with Gasteiger partial charge < -0.3 is 4.52 Å². The molecule has 1 aromatic heterocycles. The van der Waals surface area contributed by atoms with Crippen LogP contribution in [-0.4, -0.2) is 15.9 Å². The van der Waals surface area contributed by atoms with Gasteiger partial charge >= 0.3 is 0 Å². The molecule has 0 aromatic carbocycles. The van der Waals surface area contributed by atoms with Crippen molar-refractivity contribution in [3.05, 3.63) is 11.7 Å². The lowest BCUT2D eigenvalue weighted by molar-refractivity contribution is -0.118. The number of hydrogen-bond acceptors (Lipinski definition) is 4. The number of nitrogens with zero attached hydrogens (tertiary/aromatic N) is 2. The molecule has 0 saturated heterocycles. The van der Waals surface area contributed by atoms with Crippen LogP contribution in [-0.2, 0) is 17.6 Å². The summed E-state index contributed by atoms with van der Waals surface area (Å²) in [6, 6.07) is 0. The summed E-state index contributed by atoms with van der Waals surface area (Å²) in [4.78, 5) is 15.3. The van der Waals surface area contributed by atoms with Gasteiger partial charge in [-0.2, -0.15) is 4.98 Å². The molecule has 0 aliphatic heterocycles. The van der Waals surface area contributed by atoms with E-state index in [4.69, 9.17) is 4.52 Å². The fourth-order valence-corrected chi connectivity index (χ4v) is 1.32. The summed E-state index contributed by atoms with van der Waals surface area (Å²) in [5.74, 6) is 2.12. The van der Waals surface area contributed by atoms with Gasteiger partial charge in [0.05, 0.1) is 6.42 Å². The molecule has 1 aliphatic rings. The average molecular weight is 194 g/mol. The van der Waals surface area contributed by atoms with Gasteiger partial charge in [-0.1, -0.05) is 12.1 Å². The summed E-state index contributed by atoms with van der Waals surface area (Å²) in [6.07, 6.45) is 4.27. The van der Waals surface area contributed by atoms with Gasteiger partial charge in [0.1, 0.15) is 5.78 Å². The van der Waals surface area contributed by atoms with E-state index in [9.17, 15) is 4.79 Å². The van der Waals surface area contributed by atoms with Gasteiger partial charge in [-0.3, -0.25) is 4.79 Å². The molecule has 0 spiro atoms. The first-order valence-electron chi connectivity index (χ1n) is 5.11. The lowest BCUT2D eigenvalue weighted by Gasteiger charge is -1.88. The van der Waals surface area contributed by atoms with E-state index in [0.717, 1.165) is 18.2 Å². The fraction of sp³-hybridized carbons (Fsp3) is 0.700. The number of aromatic nitrogens is 2. The second-order valence-electron chi connectivity index (χ2n) is 3.82. The summed E-state index contributed by atoms with van der Waals surface area (Å²) in [6.45, 7) is 1.84. The van der Waals surface area contributed by atoms with E-state index >= 15 is 0 Å². The highest BCUT2D eigenvalue weighted by Gasteiger charge is 2.24. The Kier molecular flexibility index (Phi) is 2.61. The molecular formula is C10H14N2O2. The van der Waals surface area contributed by atoms with Crippen LogP contribution in [0.25, 0.3) is 0 Å². The summed E-state index contributed by atoms with van der Waals surface area (Å²) in [5, 5.41) is 3.85. The highest BCUT2D eigenvalue weighted by molar-refractivity contribution is 5.79. The maximum absolute atomic E-state index is 11.1. The number of ketones is 1. The Morgan fingerprint density at radius 1 is 1.57 bits per heavy atom. The molecule has 1 fully saturated rings. The van der Waals surface area contributed by atoms with Crippen molar-refractivity contribution in [2.75, 3.05) is 0 Å². The van der Waals surface area contributed by atoms with Gasteiger partial charge in [0.2, 0.25) is 5.89 Å². The minimum atomic E-state index is 0.145. The van der Waals surface area contributed by atoms with Crippen LogP contribution in [0.15, 0.2) is 4.52 Å². The summed E-state index contributed by atoms with van der Waals surface area (Å²) in [7, 11) is 0. The van der Waals surface area contributed by atoms with Crippen molar-refractivity contribution in [1.82, 2.24) is 10.1 Å². The van der Waals surface area contributed by atoms with Crippen molar-refractivity contribution in [3.63, 3.8) is 0 Å². The second kappa shape index (κ2) is 3.90. The van der Waals surface area contributed by atoms with E-state index in [1.807, 2.05) is 6.92 Å². The molecule has 1 aromatic rings. The van der Waals surface area contributed by atoms with Gasteiger partial charge in [-0.05, 0) is 18.8 Å². The van der Waals surface area contributed by atoms with Gasteiger partial charge in [0, 0.05) is 12.8 Å². The van der Waals surface area contributed by atoms with E-state index in [0.29, 0.717) is 12.3 Å². The first kappa shape index (κ1) is 9.37. The zero-order valence-corrected chi connectivity index (χ0v) is 8.32. The normalized spacial score (nSPS) is 15.8. The number of hydrogen-bond donors (Lipinski definition) is 0. The monoisotopic (exact) mass is 194 g/mol. The van der Waals surface area contributed by atoms with Crippen LogP contribution in [0.3, 0.4) is 0 Å². The van der Waals surface area contributed by atoms with Crippen molar-refractivity contribution >= 4 is 5.78 Å². The maximum atomic E-state index is 11.1. The maximum Gasteiger partial charge on any atom is 0.234 e. The topological polar surface area (TPSA) is 56.0 Å². The molecule has 0 amide bonds. The molecule has 0 atom stereocenters. The van der Waals surface area contributed by atoms with Gasteiger partial charge in [-0.15, -0.1) is 0 Å². The molecule has 1 saturated carbocycles. The van der Waals surface area contributed by atoms with Crippen molar-refractivity contribution < 1.29 is 9.32 Å². The lowest BCUT2D eigenvalue weighted by atomic mass is 10.2. The van der Waals surface area contributed by atoms with Gasteiger partial charge in [0.15, 0.2) is 5.82 Å². The van der Waals surface area contributed by atoms with Gasteiger partial charge in [0.25, 0.3) is 0 Å². The molecular weight excluding hydrogens is 180 g/mol. The average Bonchev–Trinajstić information content (AvgIpc) is 2.87. The molecule has 4 nitrogen and oxygen atoms in total. The quantitative estimate of drug-likeness (QED) is 0.713. The molecule has 0 unspecified atom stereocenters. The number of carbonyl (C=O) groups excluding carboxylic acids is 1. The van der Waals surface area contributed by atoms with Crippen LogP contribution < -0.4 is 0 Å². The number of carbonyl (C=O) groups is 1. The first-order valence-corrected chi connectivity index (χ1v) is 5.11. The van der Waals surface area contributed by atoms with Crippen molar-refractivity contribution in [2.24, 2.45) is 5.92 Å². The van der Waals surface area contributed by atoms with E-state index in [-0.39, 0.29) is 12.2 Å². The Morgan fingerprint density at radius 3 is 3.00 bits per heavy atom. The van der Waals surface area contributed by atoms with E-state index in [1.54, 1.807) is 0 Å². The molecule has 14 heavy (non-hydrogen) atoms. The predicted octanol–water partition coefficient (Wildman–Crippen LogP) is 1.54. The SMILES string of the molecule is CCC(=O)Cc1nc(CC2CC2)no1. The van der Waals surface area contributed by atoms with Crippen LogP contribution in [0.2, 0.25) is 0 Å². The smallest absolute Gasteiger partial charge is 0.234 e. The minimum Gasteiger partial charge on any atom is -0.339 e. The van der Waals surface area contributed by atoms with Crippen LogP contribution in [0.1, 0.15) is 37.9 Å². The Morgan fingerprint density at radius 2 is 2.36 bits per heavy atom. The molecule has 1 aliphatic carbocycles. The van der Waals surface area contributed by atoms with Crippen molar-refractivity contribution in [3.8, 4) is 0 Å². The molecule has 2 rings (SSSR count). The molecule has 0 radical (unpaired) electrons. The summed E-state index contributed by atoms with van der Waals surface area (Å²) in [5.41, 5.74) is 0. The third-order valence-corrected chi connectivity index (χ3v) is 2.42. The molecule has 76 valence electrons. The van der Waals surface area contributed by atoms with Crippen LogP contribution in [0.5, 0.6) is 0 Å². The van der Waals surface area contributed by atoms with Crippen LogP contribution in [0, 0.1) is 5.92 Å². The summed E-state index contributed by atoms with van der Waals surface area (Å²) < 4.78 is 4.98. The molecule has 4 heteroatoms. The molecule has 0 bridgehead atoms. The third-order valence-electron chi connectivity index (χ3n) is 2.42. The molecule has 0 N–H and O–H groups in total. The second-order valence-corrected chi connectivity index (χ2v) is 3.82. The highest BCUT2D eigenvalue weighted by Crippen LogP contribution is 2.31. The Labute approximate surface area is 82.7 Å². The predicted molar refractivity (Wildman–Crippen MR) is 49.7 cm³/mol. The zero-order chi connectivity index (χ0) is 9.97. The Bertz CT molecular complexity index is 329.